The van der Waals surface area contributed by atoms with Gasteiger partial charge < -0.3 is 38.5 Å². The van der Waals surface area contributed by atoms with E-state index in [1.807, 2.05) is 0 Å². The van der Waals surface area contributed by atoms with Crippen LogP contribution >= 0.6 is 0 Å². The fourth-order valence-electron chi connectivity index (χ4n) is 3.79. The summed E-state index contributed by atoms with van der Waals surface area (Å²) in [6.07, 6.45) is 0.281. The van der Waals surface area contributed by atoms with Crippen LogP contribution in [0.4, 0.5) is 0 Å². The van der Waals surface area contributed by atoms with Crippen molar-refractivity contribution in [1.29, 1.82) is 0 Å². The van der Waals surface area contributed by atoms with Crippen molar-refractivity contribution in [1.82, 2.24) is 4.57 Å². The number of fused-ring (bicyclic) bond motifs is 2. The lowest BCUT2D eigenvalue weighted by Crippen LogP contribution is -2.13. The van der Waals surface area contributed by atoms with Gasteiger partial charge in [-0.3, -0.25) is 9.59 Å². The molecule has 32 heavy (non-hydrogen) atoms. The first-order valence-electron chi connectivity index (χ1n) is 9.71. The van der Waals surface area contributed by atoms with Crippen LogP contribution in [0.3, 0.4) is 0 Å². The number of aliphatic carboxylic acids is 1. The van der Waals surface area contributed by atoms with Crippen LogP contribution in [0.1, 0.15) is 12.8 Å². The second-order valence-electron chi connectivity index (χ2n) is 6.90. The number of phenolic OH excluding ortho intramolecular Hbond substituents is 1. The topological polar surface area (TPSA) is 126 Å². The number of carboxylic acid groups (broad SMARTS) is 1. The summed E-state index contributed by atoms with van der Waals surface area (Å²) in [6, 6.07) is 3.14. The molecule has 2 N–H and O–H groups in total. The Kier molecular flexibility index (Phi) is 6.52. The molecule has 10 heteroatoms. The molecule has 0 aliphatic carbocycles. The highest BCUT2D eigenvalue weighted by atomic mass is 16.5. The van der Waals surface area contributed by atoms with Crippen LogP contribution in [0.25, 0.3) is 21.8 Å². The molecule has 0 aliphatic heterocycles. The third-order valence-corrected chi connectivity index (χ3v) is 5.16. The number of pyridine rings is 1. The molecule has 0 unspecified atom stereocenters. The highest BCUT2D eigenvalue weighted by molar-refractivity contribution is 6.04. The van der Waals surface area contributed by atoms with Gasteiger partial charge in [-0.15, -0.1) is 0 Å². The summed E-state index contributed by atoms with van der Waals surface area (Å²) in [7, 11) is 7.30. The molecule has 172 valence electrons. The molecule has 2 aromatic carbocycles. The molecule has 0 aliphatic rings. The standard InChI is InChI=1S/C22H25NO9/c1-23-15-11(8-9-12(19(15)28-2)32-10-6-7-13(24)25)17(26)14-16(23)20(29-3)22(31-5)21(30-4)18(14)27/h8-9,27H,6-7,10H2,1-5H3,(H,24,25). The zero-order chi connectivity index (χ0) is 23.6. The molecule has 0 amide bonds. The summed E-state index contributed by atoms with van der Waals surface area (Å²) in [5.41, 5.74) is 0.229. The molecule has 1 aromatic heterocycles. The van der Waals surface area contributed by atoms with Crippen molar-refractivity contribution in [2.24, 2.45) is 7.05 Å². The Morgan fingerprint density at radius 2 is 1.56 bits per heavy atom. The predicted molar refractivity (Wildman–Crippen MR) is 117 cm³/mol. The van der Waals surface area contributed by atoms with E-state index < -0.39 is 11.4 Å². The number of aryl methyl sites for hydroxylation is 1. The highest BCUT2D eigenvalue weighted by Crippen LogP contribution is 2.50. The third-order valence-electron chi connectivity index (χ3n) is 5.16. The van der Waals surface area contributed by atoms with E-state index in [-0.39, 0.29) is 58.1 Å². The average Bonchev–Trinajstić information content (AvgIpc) is 2.78. The summed E-state index contributed by atoms with van der Waals surface area (Å²) < 4.78 is 29.1. The van der Waals surface area contributed by atoms with Gasteiger partial charge in [0.1, 0.15) is 5.52 Å². The van der Waals surface area contributed by atoms with Gasteiger partial charge in [0.2, 0.25) is 16.9 Å². The van der Waals surface area contributed by atoms with Crippen molar-refractivity contribution in [3.05, 3.63) is 22.4 Å². The Balaban J connectivity index is 2.37. The number of aromatic nitrogens is 1. The second-order valence-corrected chi connectivity index (χ2v) is 6.90. The van der Waals surface area contributed by atoms with Crippen molar-refractivity contribution in [3.8, 4) is 34.5 Å². The molecule has 0 spiro atoms. The van der Waals surface area contributed by atoms with E-state index in [1.54, 1.807) is 23.7 Å². The van der Waals surface area contributed by atoms with E-state index in [2.05, 4.69) is 0 Å². The van der Waals surface area contributed by atoms with E-state index in [0.29, 0.717) is 17.7 Å². The van der Waals surface area contributed by atoms with Crippen LogP contribution < -0.4 is 29.1 Å². The van der Waals surface area contributed by atoms with Gasteiger partial charge in [-0.1, -0.05) is 0 Å². The van der Waals surface area contributed by atoms with Crippen LogP contribution in [0.5, 0.6) is 34.5 Å². The van der Waals surface area contributed by atoms with E-state index in [4.69, 9.17) is 28.8 Å². The minimum Gasteiger partial charge on any atom is -0.504 e. The van der Waals surface area contributed by atoms with Crippen molar-refractivity contribution in [2.75, 3.05) is 35.0 Å². The molecule has 0 atom stereocenters. The normalized spacial score (nSPS) is 10.9. The molecule has 3 aromatic rings. The monoisotopic (exact) mass is 447 g/mol. The number of hydrogen-bond donors (Lipinski definition) is 2. The van der Waals surface area contributed by atoms with E-state index in [1.165, 1.54) is 28.4 Å². The first-order chi connectivity index (χ1) is 15.3. The third kappa shape index (κ3) is 3.57. The molecule has 10 nitrogen and oxygen atoms in total. The fraction of sp³-hybridized carbons (Fsp3) is 0.364. The van der Waals surface area contributed by atoms with Crippen LogP contribution in [-0.2, 0) is 11.8 Å². The number of hydrogen-bond acceptors (Lipinski definition) is 8. The lowest BCUT2D eigenvalue weighted by Gasteiger charge is -2.21. The Morgan fingerprint density at radius 3 is 2.12 bits per heavy atom. The predicted octanol–water partition coefficient (Wildman–Crippen LogP) is 2.68. The Hall–Kier alpha value is -3.82. The molecular weight excluding hydrogens is 422 g/mol. The Morgan fingerprint density at radius 1 is 0.938 bits per heavy atom. The fourth-order valence-corrected chi connectivity index (χ4v) is 3.79. The number of rotatable bonds is 9. The molecule has 1 heterocycles. The minimum absolute atomic E-state index is 0.00618. The van der Waals surface area contributed by atoms with Crippen molar-refractivity contribution < 1.29 is 38.7 Å². The van der Waals surface area contributed by atoms with Crippen molar-refractivity contribution in [3.63, 3.8) is 0 Å². The van der Waals surface area contributed by atoms with Gasteiger partial charge in [0.15, 0.2) is 23.0 Å². The number of carbonyl (C=O) groups is 1. The first-order valence-corrected chi connectivity index (χ1v) is 9.71. The molecular formula is C22H25NO9. The molecule has 0 radical (unpaired) electrons. The number of carboxylic acids is 1. The van der Waals surface area contributed by atoms with Gasteiger partial charge >= 0.3 is 5.97 Å². The maximum atomic E-state index is 13.4. The quantitative estimate of drug-likeness (QED) is 0.376. The average molecular weight is 447 g/mol. The lowest BCUT2D eigenvalue weighted by atomic mass is 10.1. The summed E-state index contributed by atoms with van der Waals surface area (Å²) in [5.74, 6) is -0.319. The molecule has 0 bridgehead atoms. The lowest BCUT2D eigenvalue weighted by molar-refractivity contribution is -0.137. The van der Waals surface area contributed by atoms with Crippen molar-refractivity contribution >= 4 is 27.8 Å². The van der Waals surface area contributed by atoms with E-state index >= 15 is 0 Å². The number of benzene rings is 2. The molecule has 0 saturated heterocycles. The van der Waals surface area contributed by atoms with Gasteiger partial charge in [0, 0.05) is 13.5 Å². The van der Waals surface area contributed by atoms with E-state index in [0.717, 1.165) is 0 Å². The van der Waals surface area contributed by atoms with Gasteiger partial charge in [-0.05, 0) is 18.6 Å². The summed E-state index contributed by atoms with van der Waals surface area (Å²) in [4.78, 5) is 24.2. The van der Waals surface area contributed by atoms with Crippen LogP contribution in [-0.4, -0.2) is 55.8 Å². The number of phenols is 1. The van der Waals surface area contributed by atoms with Gasteiger partial charge in [-0.2, -0.15) is 0 Å². The highest BCUT2D eigenvalue weighted by Gasteiger charge is 2.28. The van der Waals surface area contributed by atoms with Gasteiger partial charge in [0.25, 0.3) is 0 Å². The maximum absolute atomic E-state index is 13.4. The number of ether oxygens (including phenoxy) is 5. The van der Waals surface area contributed by atoms with Crippen molar-refractivity contribution in [2.45, 2.75) is 12.8 Å². The Bertz CT molecular complexity index is 1250. The summed E-state index contributed by atoms with van der Waals surface area (Å²) in [6.45, 7) is 0.158. The Labute approximate surface area is 183 Å². The second kappa shape index (κ2) is 9.13. The number of nitrogens with zero attached hydrogens (tertiary/aromatic N) is 1. The maximum Gasteiger partial charge on any atom is 0.303 e. The molecule has 3 rings (SSSR count). The van der Waals surface area contributed by atoms with Crippen LogP contribution in [0, 0.1) is 0 Å². The molecule has 0 saturated carbocycles. The minimum atomic E-state index is -0.913. The largest absolute Gasteiger partial charge is 0.504 e. The zero-order valence-corrected chi connectivity index (χ0v) is 18.5. The van der Waals surface area contributed by atoms with Crippen LogP contribution in [0.2, 0.25) is 0 Å². The summed E-state index contributed by atoms with van der Waals surface area (Å²) >= 11 is 0. The SMILES string of the molecule is COc1c(OC)c(OC)c2c(c1O)c(=O)c1ccc(OCCCC(=O)O)c(OC)c1n2C. The summed E-state index contributed by atoms with van der Waals surface area (Å²) in [5, 5.41) is 19.9. The smallest absolute Gasteiger partial charge is 0.303 e. The van der Waals surface area contributed by atoms with Gasteiger partial charge in [-0.25, -0.2) is 0 Å². The zero-order valence-electron chi connectivity index (χ0n) is 18.5. The van der Waals surface area contributed by atoms with E-state index in [9.17, 15) is 14.7 Å². The molecule has 0 fully saturated rings. The van der Waals surface area contributed by atoms with Crippen LogP contribution in [0.15, 0.2) is 16.9 Å². The number of aromatic hydroxyl groups is 1. The number of methoxy groups -OCH3 is 4. The van der Waals surface area contributed by atoms with Gasteiger partial charge in [0.05, 0.1) is 51.3 Å². The first kappa shape index (κ1) is 22.9.